The van der Waals surface area contributed by atoms with Crippen LogP contribution in [-0.2, 0) is 14.4 Å². The van der Waals surface area contributed by atoms with Gasteiger partial charge in [0, 0.05) is 23.9 Å². The highest BCUT2D eigenvalue weighted by molar-refractivity contribution is 6.39. The van der Waals surface area contributed by atoms with Gasteiger partial charge in [-0.1, -0.05) is 17.7 Å². The Kier molecular flexibility index (Phi) is 6.11. The van der Waals surface area contributed by atoms with Crippen LogP contribution in [-0.4, -0.2) is 37.5 Å². The molecule has 3 rings (SSSR count). The second-order valence-electron chi connectivity index (χ2n) is 6.26. The maximum Gasteiger partial charge on any atom is 0.313 e. The topological polar surface area (TPSA) is 106 Å². The molecule has 0 spiro atoms. The summed E-state index contributed by atoms with van der Waals surface area (Å²) < 4.78 is 11.1. The van der Waals surface area contributed by atoms with E-state index in [-0.39, 0.29) is 6.54 Å². The van der Waals surface area contributed by atoms with Crippen LogP contribution in [0, 0.1) is 6.92 Å². The third-order valence-corrected chi connectivity index (χ3v) is 3.96. The maximum atomic E-state index is 12.0. The minimum Gasteiger partial charge on any atom is -0.490 e. The van der Waals surface area contributed by atoms with E-state index in [1.54, 1.807) is 30.3 Å². The predicted molar refractivity (Wildman–Crippen MR) is 103 cm³/mol. The number of rotatable bonds is 4. The molecule has 3 N–H and O–H groups in total. The van der Waals surface area contributed by atoms with E-state index >= 15 is 0 Å². The van der Waals surface area contributed by atoms with Crippen LogP contribution >= 0.6 is 0 Å². The van der Waals surface area contributed by atoms with Gasteiger partial charge in [0.25, 0.3) is 0 Å². The molecule has 3 amide bonds. The van der Waals surface area contributed by atoms with Crippen molar-refractivity contribution in [3.63, 3.8) is 0 Å². The van der Waals surface area contributed by atoms with Crippen LogP contribution < -0.4 is 25.4 Å². The largest absolute Gasteiger partial charge is 0.490 e. The Morgan fingerprint density at radius 1 is 0.857 bits per heavy atom. The SMILES string of the molecule is Cc1ccc(NC(=O)C(=O)NCC(=O)Nc2ccc3c(c2)OCCCO3)cc1. The minimum atomic E-state index is -0.894. The Morgan fingerprint density at radius 3 is 2.29 bits per heavy atom. The molecule has 1 aliphatic heterocycles. The fourth-order valence-corrected chi connectivity index (χ4v) is 2.51. The highest BCUT2D eigenvalue weighted by Gasteiger charge is 2.16. The first kappa shape index (κ1) is 19.2. The lowest BCUT2D eigenvalue weighted by Gasteiger charge is -2.11. The zero-order valence-electron chi connectivity index (χ0n) is 15.4. The standard InChI is InChI=1S/C20H21N3O5/c1-13-3-5-14(6-4-13)23-20(26)19(25)21-12-18(24)22-15-7-8-16-17(11-15)28-10-2-9-27-16/h3-8,11H,2,9-10,12H2,1H3,(H,21,25)(H,22,24)(H,23,26). The minimum absolute atomic E-state index is 0.339. The van der Waals surface area contributed by atoms with Crippen LogP contribution in [0.15, 0.2) is 42.5 Å². The monoisotopic (exact) mass is 383 g/mol. The van der Waals surface area contributed by atoms with E-state index in [4.69, 9.17) is 9.47 Å². The highest BCUT2D eigenvalue weighted by atomic mass is 16.5. The first-order chi connectivity index (χ1) is 13.5. The normalized spacial score (nSPS) is 12.5. The number of carbonyl (C=O) groups excluding carboxylic acids is 3. The Morgan fingerprint density at radius 2 is 1.54 bits per heavy atom. The molecular formula is C20H21N3O5. The predicted octanol–water partition coefficient (Wildman–Crippen LogP) is 1.85. The van der Waals surface area contributed by atoms with E-state index in [1.807, 2.05) is 19.1 Å². The van der Waals surface area contributed by atoms with E-state index in [0.717, 1.165) is 12.0 Å². The van der Waals surface area contributed by atoms with E-state index in [1.165, 1.54) is 0 Å². The second-order valence-corrected chi connectivity index (χ2v) is 6.26. The van der Waals surface area contributed by atoms with Gasteiger partial charge in [-0.05, 0) is 31.2 Å². The number of anilines is 2. The average Bonchev–Trinajstić information content (AvgIpc) is 2.93. The van der Waals surface area contributed by atoms with E-state index in [0.29, 0.717) is 36.1 Å². The van der Waals surface area contributed by atoms with Crippen molar-refractivity contribution in [1.82, 2.24) is 5.32 Å². The zero-order valence-corrected chi connectivity index (χ0v) is 15.4. The summed E-state index contributed by atoms with van der Waals surface area (Å²) in [4.78, 5) is 35.8. The number of carbonyl (C=O) groups is 3. The highest BCUT2D eigenvalue weighted by Crippen LogP contribution is 2.32. The van der Waals surface area contributed by atoms with E-state index in [9.17, 15) is 14.4 Å². The van der Waals surface area contributed by atoms with Crippen LogP contribution in [0.4, 0.5) is 11.4 Å². The summed E-state index contributed by atoms with van der Waals surface area (Å²) in [5.74, 6) is -1.03. The van der Waals surface area contributed by atoms with Crippen molar-refractivity contribution >= 4 is 29.1 Å². The molecule has 0 radical (unpaired) electrons. The van der Waals surface area contributed by atoms with Crippen molar-refractivity contribution in [1.29, 1.82) is 0 Å². The average molecular weight is 383 g/mol. The number of hydrogen-bond donors (Lipinski definition) is 3. The molecule has 0 bridgehead atoms. The molecule has 146 valence electrons. The summed E-state index contributed by atoms with van der Waals surface area (Å²) in [6.07, 6.45) is 0.785. The first-order valence-corrected chi connectivity index (χ1v) is 8.86. The molecule has 1 aliphatic rings. The number of amides is 3. The van der Waals surface area contributed by atoms with Gasteiger partial charge in [0.05, 0.1) is 19.8 Å². The Bertz CT molecular complexity index is 880. The van der Waals surface area contributed by atoms with E-state index in [2.05, 4.69) is 16.0 Å². The van der Waals surface area contributed by atoms with Gasteiger partial charge in [0.15, 0.2) is 11.5 Å². The molecule has 0 atom stereocenters. The lowest BCUT2D eigenvalue weighted by Crippen LogP contribution is -2.39. The summed E-state index contributed by atoms with van der Waals surface area (Å²) in [6.45, 7) is 2.70. The van der Waals surface area contributed by atoms with Gasteiger partial charge in [0.1, 0.15) is 0 Å². The fourth-order valence-electron chi connectivity index (χ4n) is 2.51. The molecule has 8 nitrogen and oxygen atoms in total. The molecule has 28 heavy (non-hydrogen) atoms. The molecule has 0 unspecified atom stereocenters. The number of fused-ring (bicyclic) bond motifs is 1. The van der Waals surface area contributed by atoms with Gasteiger partial charge in [-0.3, -0.25) is 14.4 Å². The van der Waals surface area contributed by atoms with Crippen molar-refractivity contribution in [2.75, 3.05) is 30.4 Å². The molecule has 8 heteroatoms. The Labute approximate surface area is 162 Å². The number of hydrogen-bond acceptors (Lipinski definition) is 5. The molecule has 1 heterocycles. The number of nitrogens with one attached hydrogen (secondary N) is 3. The van der Waals surface area contributed by atoms with Gasteiger partial charge in [0.2, 0.25) is 5.91 Å². The van der Waals surface area contributed by atoms with Crippen LogP contribution in [0.5, 0.6) is 11.5 Å². The molecule has 0 aromatic heterocycles. The van der Waals surface area contributed by atoms with Crippen molar-refractivity contribution in [3.05, 3.63) is 48.0 Å². The summed E-state index contributed by atoms with van der Waals surface area (Å²) in [5, 5.41) is 7.40. The molecule has 0 saturated carbocycles. The van der Waals surface area contributed by atoms with Gasteiger partial charge >= 0.3 is 11.8 Å². The molecular weight excluding hydrogens is 362 g/mol. The first-order valence-electron chi connectivity index (χ1n) is 8.86. The van der Waals surface area contributed by atoms with Gasteiger partial charge in [-0.25, -0.2) is 0 Å². The van der Waals surface area contributed by atoms with Crippen molar-refractivity contribution in [3.8, 4) is 11.5 Å². The number of aryl methyl sites for hydroxylation is 1. The third kappa shape index (κ3) is 5.23. The van der Waals surface area contributed by atoms with Gasteiger partial charge in [-0.2, -0.15) is 0 Å². The lowest BCUT2D eigenvalue weighted by atomic mass is 10.2. The van der Waals surface area contributed by atoms with Crippen LogP contribution in [0.3, 0.4) is 0 Å². The van der Waals surface area contributed by atoms with Crippen LogP contribution in [0.1, 0.15) is 12.0 Å². The summed E-state index contributed by atoms with van der Waals surface area (Å²) >= 11 is 0. The molecule has 2 aromatic rings. The summed E-state index contributed by atoms with van der Waals surface area (Å²) in [7, 11) is 0. The zero-order chi connectivity index (χ0) is 19.9. The quantitative estimate of drug-likeness (QED) is 0.699. The van der Waals surface area contributed by atoms with Crippen molar-refractivity contribution in [2.45, 2.75) is 13.3 Å². The molecule has 2 aromatic carbocycles. The van der Waals surface area contributed by atoms with E-state index < -0.39 is 17.7 Å². The second kappa shape index (κ2) is 8.90. The number of ether oxygens (including phenoxy) is 2. The fraction of sp³-hybridized carbons (Fsp3) is 0.250. The Hall–Kier alpha value is -3.55. The van der Waals surface area contributed by atoms with Crippen molar-refractivity contribution < 1.29 is 23.9 Å². The van der Waals surface area contributed by atoms with Crippen LogP contribution in [0.25, 0.3) is 0 Å². The molecule has 0 saturated heterocycles. The van der Waals surface area contributed by atoms with Gasteiger partial charge in [-0.15, -0.1) is 0 Å². The summed E-state index contributed by atoms with van der Waals surface area (Å²) in [6, 6.07) is 12.1. The lowest BCUT2D eigenvalue weighted by molar-refractivity contribution is -0.136. The molecule has 0 fully saturated rings. The number of benzene rings is 2. The van der Waals surface area contributed by atoms with Crippen molar-refractivity contribution in [2.24, 2.45) is 0 Å². The third-order valence-electron chi connectivity index (χ3n) is 3.96. The maximum absolute atomic E-state index is 12.0. The van der Waals surface area contributed by atoms with Gasteiger partial charge < -0.3 is 25.4 Å². The molecule has 0 aliphatic carbocycles. The Balaban J connectivity index is 1.48. The summed E-state index contributed by atoms with van der Waals surface area (Å²) in [5.41, 5.74) is 2.05. The van der Waals surface area contributed by atoms with Crippen LogP contribution in [0.2, 0.25) is 0 Å². The smallest absolute Gasteiger partial charge is 0.313 e.